The van der Waals surface area contributed by atoms with Crippen LogP contribution >= 0.6 is 23.1 Å². The lowest BCUT2D eigenvalue weighted by Gasteiger charge is -2.19. The van der Waals surface area contributed by atoms with Crippen molar-refractivity contribution < 1.29 is 23.9 Å². The second-order valence-corrected chi connectivity index (χ2v) is 7.75. The van der Waals surface area contributed by atoms with Gasteiger partial charge in [-0.15, -0.1) is 11.3 Å². The monoisotopic (exact) mass is 400 g/mol. The normalized spacial score (nSPS) is 19.4. The molecule has 0 unspecified atom stereocenters. The minimum Gasteiger partial charge on any atom is -0.466 e. The highest BCUT2D eigenvalue weighted by Gasteiger charge is 2.47. The van der Waals surface area contributed by atoms with Crippen LogP contribution in [0.2, 0.25) is 0 Å². The number of urea groups is 1. The Hall–Kier alpha value is -2.14. The van der Waals surface area contributed by atoms with Gasteiger partial charge in [-0.25, -0.2) is 9.78 Å². The van der Waals surface area contributed by atoms with Crippen molar-refractivity contribution in [1.82, 2.24) is 20.7 Å². The summed E-state index contributed by atoms with van der Waals surface area (Å²) in [4.78, 5) is 51.7. The zero-order valence-electron chi connectivity index (χ0n) is 14.7. The molecule has 142 valence electrons. The summed E-state index contributed by atoms with van der Waals surface area (Å²) in [6.45, 7) is 5.42. The van der Waals surface area contributed by atoms with E-state index in [1.807, 2.05) is 0 Å². The predicted octanol–water partition coefficient (Wildman–Crippen LogP) is 1.09. The molecule has 0 aromatic carbocycles. The molecule has 0 radical (unpaired) electrons. The molecule has 2 rings (SSSR count). The SMILES string of the molecule is CCOC(=O)Cc1csc(SCC(=O)NN2C(=O)N[C@@](C)(CC)C2=O)n1. The Kier molecular flexibility index (Phi) is 6.59. The number of hydrogen-bond donors (Lipinski definition) is 2. The highest BCUT2D eigenvalue weighted by molar-refractivity contribution is 8.01. The van der Waals surface area contributed by atoms with Crippen molar-refractivity contribution >= 4 is 46.9 Å². The maximum Gasteiger partial charge on any atom is 0.344 e. The van der Waals surface area contributed by atoms with Crippen LogP contribution in [0, 0.1) is 0 Å². The van der Waals surface area contributed by atoms with Crippen LogP contribution in [0.3, 0.4) is 0 Å². The first-order valence-corrected chi connectivity index (χ1v) is 9.84. The van der Waals surface area contributed by atoms with Crippen molar-refractivity contribution in [2.75, 3.05) is 12.4 Å². The average molecular weight is 400 g/mol. The number of aromatic nitrogens is 1. The predicted molar refractivity (Wildman–Crippen MR) is 95.4 cm³/mol. The Balaban J connectivity index is 1.84. The van der Waals surface area contributed by atoms with E-state index in [1.165, 1.54) is 11.3 Å². The second kappa shape index (κ2) is 8.49. The van der Waals surface area contributed by atoms with Crippen LogP contribution in [0.1, 0.15) is 32.9 Å². The average Bonchev–Trinajstić information content (AvgIpc) is 3.11. The largest absolute Gasteiger partial charge is 0.466 e. The smallest absolute Gasteiger partial charge is 0.344 e. The number of hydrogen-bond acceptors (Lipinski definition) is 8. The third-order valence-electron chi connectivity index (χ3n) is 3.69. The molecule has 2 N–H and O–H groups in total. The molecule has 9 nitrogen and oxygen atoms in total. The van der Waals surface area contributed by atoms with Crippen LogP contribution < -0.4 is 10.7 Å². The lowest BCUT2D eigenvalue weighted by Crippen LogP contribution is -2.49. The molecule has 26 heavy (non-hydrogen) atoms. The summed E-state index contributed by atoms with van der Waals surface area (Å²) < 4.78 is 5.46. The van der Waals surface area contributed by atoms with Crippen LogP contribution in [-0.4, -0.2) is 51.7 Å². The molecule has 1 aliphatic heterocycles. The maximum absolute atomic E-state index is 12.2. The molecule has 1 aromatic heterocycles. The molecule has 1 aliphatic rings. The van der Waals surface area contributed by atoms with E-state index >= 15 is 0 Å². The third kappa shape index (κ3) is 4.73. The zero-order chi connectivity index (χ0) is 19.3. The van der Waals surface area contributed by atoms with Crippen LogP contribution in [-0.2, 0) is 25.5 Å². The van der Waals surface area contributed by atoms with Gasteiger partial charge >= 0.3 is 12.0 Å². The number of nitrogens with one attached hydrogen (secondary N) is 2. The van der Waals surface area contributed by atoms with Crippen LogP contribution in [0.4, 0.5) is 4.79 Å². The molecule has 0 aliphatic carbocycles. The summed E-state index contributed by atoms with van der Waals surface area (Å²) in [7, 11) is 0. The number of amides is 4. The molecule has 11 heteroatoms. The van der Waals surface area contributed by atoms with Crippen molar-refractivity contribution in [2.24, 2.45) is 0 Å². The molecule has 2 heterocycles. The van der Waals surface area contributed by atoms with E-state index in [1.54, 1.807) is 26.2 Å². The summed E-state index contributed by atoms with van der Waals surface area (Å²) in [5.41, 5.74) is 1.88. The van der Waals surface area contributed by atoms with E-state index in [4.69, 9.17) is 4.74 Å². The zero-order valence-corrected chi connectivity index (χ0v) is 16.3. The van der Waals surface area contributed by atoms with Crippen molar-refractivity contribution in [3.05, 3.63) is 11.1 Å². The lowest BCUT2D eigenvalue weighted by atomic mass is 10.00. The number of esters is 1. The summed E-state index contributed by atoms with van der Waals surface area (Å²) in [5.74, 6) is -1.37. The Morgan fingerprint density at radius 1 is 1.42 bits per heavy atom. The van der Waals surface area contributed by atoms with Gasteiger partial charge in [0.1, 0.15) is 5.54 Å². The van der Waals surface area contributed by atoms with Gasteiger partial charge in [-0.05, 0) is 20.3 Å². The number of nitrogens with zero attached hydrogens (tertiary/aromatic N) is 2. The van der Waals surface area contributed by atoms with E-state index in [-0.39, 0.29) is 18.1 Å². The molecular weight excluding hydrogens is 380 g/mol. The minimum atomic E-state index is -1.01. The number of rotatable bonds is 8. The quantitative estimate of drug-likeness (QED) is 0.381. The number of thioether (sulfide) groups is 1. The molecular formula is C15H20N4O5S2. The van der Waals surface area contributed by atoms with Crippen molar-refractivity contribution in [3.8, 4) is 0 Å². The summed E-state index contributed by atoms with van der Waals surface area (Å²) in [5, 5.41) is 4.98. The fourth-order valence-electron chi connectivity index (χ4n) is 2.11. The number of ether oxygens (including phenoxy) is 1. The number of carbonyl (C=O) groups is 4. The van der Waals surface area contributed by atoms with Gasteiger partial charge in [0.2, 0.25) is 5.91 Å². The van der Waals surface area contributed by atoms with Crippen LogP contribution in [0.25, 0.3) is 0 Å². The van der Waals surface area contributed by atoms with Crippen molar-refractivity contribution in [3.63, 3.8) is 0 Å². The molecule has 0 spiro atoms. The third-order valence-corrected chi connectivity index (χ3v) is 5.76. The van der Waals surface area contributed by atoms with Gasteiger partial charge in [0.25, 0.3) is 5.91 Å². The molecule has 4 amide bonds. The second-order valence-electron chi connectivity index (χ2n) is 5.67. The van der Waals surface area contributed by atoms with E-state index < -0.39 is 23.4 Å². The van der Waals surface area contributed by atoms with Gasteiger partial charge in [0.05, 0.1) is 24.5 Å². The summed E-state index contributed by atoms with van der Waals surface area (Å²) in [6, 6.07) is -0.649. The summed E-state index contributed by atoms with van der Waals surface area (Å²) >= 11 is 2.46. The first kappa shape index (κ1) is 20.2. The van der Waals surface area contributed by atoms with Gasteiger partial charge in [-0.1, -0.05) is 18.7 Å². The van der Waals surface area contributed by atoms with Gasteiger partial charge < -0.3 is 10.1 Å². The van der Waals surface area contributed by atoms with Gasteiger partial charge in [-0.3, -0.25) is 19.8 Å². The molecule has 1 fully saturated rings. The van der Waals surface area contributed by atoms with Crippen molar-refractivity contribution in [1.29, 1.82) is 0 Å². The Morgan fingerprint density at radius 2 is 2.15 bits per heavy atom. The highest BCUT2D eigenvalue weighted by Crippen LogP contribution is 2.23. The fraction of sp³-hybridized carbons (Fsp3) is 0.533. The Labute approximate surface area is 158 Å². The van der Waals surface area contributed by atoms with E-state index in [2.05, 4.69) is 15.7 Å². The molecule has 1 aromatic rings. The number of thiazole rings is 1. The number of hydrazine groups is 1. The van der Waals surface area contributed by atoms with Crippen molar-refractivity contribution in [2.45, 2.75) is 43.5 Å². The first-order chi connectivity index (χ1) is 12.3. The topological polar surface area (TPSA) is 118 Å². The van der Waals surface area contributed by atoms with Gasteiger partial charge in [-0.2, -0.15) is 5.01 Å². The molecule has 1 saturated heterocycles. The molecule has 1 atom stereocenters. The maximum atomic E-state index is 12.2. The number of carbonyl (C=O) groups excluding carboxylic acids is 4. The number of imide groups is 1. The van der Waals surface area contributed by atoms with E-state index in [0.717, 1.165) is 11.8 Å². The first-order valence-electron chi connectivity index (χ1n) is 7.98. The van der Waals surface area contributed by atoms with Gasteiger partial charge in [0, 0.05) is 5.38 Å². The van der Waals surface area contributed by atoms with E-state index in [9.17, 15) is 19.2 Å². The standard InChI is InChI=1S/C15H20N4O5S2/c1-4-15(3)12(22)19(13(23)17-15)18-10(20)8-26-14-16-9(7-25-14)6-11(21)24-5-2/h7H,4-6,8H2,1-3H3,(H,17,23)(H,18,20)/t15-/m0/s1. The van der Waals surface area contributed by atoms with Crippen LogP contribution in [0.5, 0.6) is 0 Å². The fourth-order valence-corrected chi connectivity index (χ4v) is 3.74. The lowest BCUT2D eigenvalue weighted by molar-refractivity contribution is -0.142. The Bertz CT molecular complexity index is 723. The molecule has 0 saturated carbocycles. The summed E-state index contributed by atoms with van der Waals surface area (Å²) in [6.07, 6.45) is 0.496. The van der Waals surface area contributed by atoms with Gasteiger partial charge in [0.15, 0.2) is 4.34 Å². The van der Waals surface area contributed by atoms with Crippen LogP contribution in [0.15, 0.2) is 9.72 Å². The Morgan fingerprint density at radius 3 is 2.77 bits per heavy atom. The molecule has 0 bridgehead atoms. The highest BCUT2D eigenvalue weighted by atomic mass is 32.2. The van der Waals surface area contributed by atoms with E-state index in [0.29, 0.717) is 28.1 Å². The minimum absolute atomic E-state index is 0.0216.